The predicted molar refractivity (Wildman–Crippen MR) is 71.2 cm³/mol. The van der Waals surface area contributed by atoms with E-state index >= 15 is 0 Å². The lowest BCUT2D eigenvalue weighted by atomic mass is 9.94. The Hall–Kier alpha value is -1.94. The first-order chi connectivity index (χ1) is 8.88. The van der Waals surface area contributed by atoms with Crippen LogP contribution in [0.1, 0.15) is 11.1 Å². The molecule has 2 aromatic rings. The molecular weight excluding hydrogens is 224 g/mol. The van der Waals surface area contributed by atoms with Crippen molar-refractivity contribution in [2.75, 3.05) is 11.4 Å². The van der Waals surface area contributed by atoms with Gasteiger partial charge in [-0.2, -0.15) is 5.10 Å². The summed E-state index contributed by atoms with van der Waals surface area (Å²) in [5, 5.41) is 8.15. The van der Waals surface area contributed by atoms with E-state index < -0.39 is 0 Å². The number of anilines is 1. The van der Waals surface area contributed by atoms with Gasteiger partial charge < -0.3 is 10.6 Å². The van der Waals surface area contributed by atoms with Gasteiger partial charge in [0.2, 0.25) is 0 Å². The van der Waals surface area contributed by atoms with Crippen molar-refractivity contribution >= 4 is 5.82 Å². The molecule has 4 nitrogen and oxygen atoms in total. The molecule has 18 heavy (non-hydrogen) atoms. The van der Waals surface area contributed by atoms with Crippen LogP contribution in [0.25, 0.3) is 0 Å². The fourth-order valence-electron chi connectivity index (χ4n) is 2.51. The van der Waals surface area contributed by atoms with Gasteiger partial charge in [-0.3, -0.25) is 0 Å². The molecule has 0 fully saturated rings. The van der Waals surface area contributed by atoms with Crippen LogP contribution >= 0.6 is 0 Å². The third-order valence-corrected chi connectivity index (χ3v) is 3.48. The Labute approximate surface area is 106 Å². The highest BCUT2D eigenvalue weighted by Gasteiger charge is 2.25. The Morgan fingerprint density at radius 1 is 1.17 bits per heavy atom. The summed E-state index contributed by atoms with van der Waals surface area (Å²) in [5.41, 5.74) is 8.65. The average Bonchev–Trinajstić information content (AvgIpc) is 2.46. The van der Waals surface area contributed by atoms with Gasteiger partial charge in [-0.25, -0.2) is 0 Å². The second-order valence-electron chi connectivity index (χ2n) is 4.57. The second-order valence-corrected chi connectivity index (χ2v) is 4.57. The standard InChI is InChI=1S/C14H16N4/c15-9-13-8-11-4-1-2-5-12(11)10-18(13)14-6-3-7-16-17-14/h1-7,13H,8-10,15H2. The molecule has 2 N–H and O–H groups in total. The summed E-state index contributed by atoms with van der Waals surface area (Å²) < 4.78 is 0. The first-order valence-electron chi connectivity index (χ1n) is 6.19. The normalized spacial score (nSPS) is 18.5. The van der Waals surface area contributed by atoms with Crippen molar-refractivity contribution in [3.05, 3.63) is 53.7 Å². The summed E-state index contributed by atoms with van der Waals surface area (Å²) in [6.07, 6.45) is 2.67. The topological polar surface area (TPSA) is 55.0 Å². The van der Waals surface area contributed by atoms with Crippen LogP contribution in [0.4, 0.5) is 5.82 Å². The number of nitrogens with two attached hydrogens (primary N) is 1. The summed E-state index contributed by atoms with van der Waals surface area (Å²) in [6, 6.07) is 12.7. The maximum absolute atomic E-state index is 5.90. The third kappa shape index (κ3) is 1.95. The lowest BCUT2D eigenvalue weighted by Crippen LogP contribution is -2.45. The van der Waals surface area contributed by atoms with Crippen molar-refractivity contribution < 1.29 is 0 Å². The number of hydrogen-bond acceptors (Lipinski definition) is 4. The fourth-order valence-corrected chi connectivity index (χ4v) is 2.51. The number of hydrogen-bond donors (Lipinski definition) is 1. The highest BCUT2D eigenvalue weighted by Crippen LogP contribution is 2.26. The minimum Gasteiger partial charge on any atom is -0.346 e. The van der Waals surface area contributed by atoms with Gasteiger partial charge in [0.05, 0.1) is 0 Å². The van der Waals surface area contributed by atoms with E-state index in [2.05, 4.69) is 39.4 Å². The lowest BCUT2D eigenvalue weighted by molar-refractivity contribution is 0.553. The van der Waals surface area contributed by atoms with Crippen molar-refractivity contribution in [2.45, 2.75) is 19.0 Å². The molecule has 1 aliphatic rings. The molecular formula is C14H16N4. The molecule has 0 aliphatic carbocycles. The van der Waals surface area contributed by atoms with Crippen LogP contribution in [0, 0.1) is 0 Å². The molecule has 1 aromatic heterocycles. The van der Waals surface area contributed by atoms with Gasteiger partial charge in [0.15, 0.2) is 5.82 Å². The summed E-state index contributed by atoms with van der Waals surface area (Å²) in [7, 11) is 0. The molecule has 4 heteroatoms. The van der Waals surface area contributed by atoms with Crippen LogP contribution in [0.5, 0.6) is 0 Å². The molecule has 3 rings (SSSR count). The maximum Gasteiger partial charge on any atom is 0.151 e. The molecule has 1 aliphatic heterocycles. The van der Waals surface area contributed by atoms with Crippen molar-refractivity contribution in [1.29, 1.82) is 0 Å². The molecule has 1 aromatic carbocycles. The fraction of sp³-hybridized carbons (Fsp3) is 0.286. The number of fused-ring (bicyclic) bond motifs is 1. The minimum atomic E-state index is 0.302. The van der Waals surface area contributed by atoms with E-state index in [1.54, 1.807) is 6.20 Å². The Kier molecular flexibility index (Phi) is 2.94. The van der Waals surface area contributed by atoms with Crippen molar-refractivity contribution in [2.24, 2.45) is 5.73 Å². The molecule has 0 spiro atoms. The van der Waals surface area contributed by atoms with E-state index in [9.17, 15) is 0 Å². The molecule has 1 unspecified atom stereocenters. The predicted octanol–water partition coefficient (Wildman–Crippen LogP) is 1.37. The van der Waals surface area contributed by atoms with Crippen molar-refractivity contribution in [3.8, 4) is 0 Å². The van der Waals surface area contributed by atoms with E-state index in [1.165, 1.54) is 11.1 Å². The minimum absolute atomic E-state index is 0.302. The maximum atomic E-state index is 5.90. The van der Waals surface area contributed by atoms with Crippen molar-refractivity contribution in [3.63, 3.8) is 0 Å². The Morgan fingerprint density at radius 3 is 2.72 bits per heavy atom. The zero-order chi connectivity index (χ0) is 12.4. The number of rotatable bonds is 2. The van der Waals surface area contributed by atoms with Crippen LogP contribution in [0.2, 0.25) is 0 Å². The van der Waals surface area contributed by atoms with Gasteiger partial charge in [-0.15, -0.1) is 5.10 Å². The zero-order valence-electron chi connectivity index (χ0n) is 10.2. The Balaban J connectivity index is 1.96. The summed E-state index contributed by atoms with van der Waals surface area (Å²) in [6.45, 7) is 1.49. The molecule has 1 atom stereocenters. The highest BCUT2D eigenvalue weighted by atomic mass is 15.3. The summed E-state index contributed by atoms with van der Waals surface area (Å²) in [5.74, 6) is 0.905. The lowest BCUT2D eigenvalue weighted by Gasteiger charge is -2.36. The van der Waals surface area contributed by atoms with E-state index in [0.717, 1.165) is 18.8 Å². The van der Waals surface area contributed by atoms with Crippen molar-refractivity contribution in [1.82, 2.24) is 10.2 Å². The molecule has 0 saturated carbocycles. The third-order valence-electron chi connectivity index (χ3n) is 3.48. The monoisotopic (exact) mass is 240 g/mol. The SMILES string of the molecule is NCC1Cc2ccccc2CN1c1cccnn1. The highest BCUT2D eigenvalue weighted by molar-refractivity contribution is 5.45. The van der Waals surface area contributed by atoms with Crippen LogP contribution in [-0.4, -0.2) is 22.8 Å². The van der Waals surface area contributed by atoms with E-state index in [4.69, 9.17) is 5.73 Å². The van der Waals surface area contributed by atoms with Gasteiger partial charge in [-0.1, -0.05) is 24.3 Å². The molecule has 0 amide bonds. The van der Waals surface area contributed by atoms with Gasteiger partial charge in [0.25, 0.3) is 0 Å². The molecule has 0 saturated heterocycles. The quantitative estimate of drug-likeness (QED) is 0.861. The van der Waals surface area contributed by atoms with E-state index in [-0.39, 0.29) is 0 Å². The van der Waals surface area contributed by atoms with Gasteiger partial charge >= 0.3 is 0 Å². The Bertz CT molecular complexity index is 526. The zero-order valence-corrected chi connectivity index (χ0v) is 10.2. The largest absolute Gasteiger partial charge is 0.346 e. The molecule has 0 bridgehead atoms. The van der Waals surface area contributed by atoms with Gasteiger partial charge in [0.1, 0.15) is 0 Å². The van der Waals surface area contributed by atoms with Crippen LogP contribution in [0.3, 0.4) is 0 Å². The number of benzene rings is 1. The molecule has 2 heterocycles. The van der Waals surface area contributed by atoms with Gasteiger partial charge in [-0.05, 0) is 29.7 Å². The molecule has 92 valence electrons. The first kappa shape index (κ1) is 11.2. The number of aromatic nitrogens is 2. The van der Waals surface area contributed by atoms with Crippen LogP contribution in [0.15, 0.2) is 42.6 Å². The van der Waals surface area contributed by atoms with Gasteiger partial charge in [0, 0.05) is 25.3 Å². The van der Waals surface area contributed by atoms with Crippen LogP contribution < -0.4 is 10.6 Å². The Morgan fingerprint density at radius 2 is 2.00 bits per heavy atom. The summed E-state index contributed by atoms with van der Waals surface area (Å²) in [4.78, 5) is 2.25. The van der Waals surface area contributed by atoms with E-state index in [0.29, 0.717) is 12.6 Å². The summed E-state index contributed by atoms with van der Waals surface area (Å²) >= 11 is 0. The van der Waals surface area contributed by atoms with E-state index in [1.807, 2.05) is 12.1 Å². The average molecular weight is 240 g/mol. The smallest absolute Gasteiger partial charge is 0.151 e. The number of nitrogens with zero attached hydrogens (tertiary/aromatic N) is 3. The first-order valence-corrected chi connectivity index (χ1v) is 6.19. The van der Waals surface area contributed by atoms with Crippen LogP contribution in [-0.2, 0) is 13.0 Å². The second kappa shape index (κ2) is 4.74. The molecule has 0 radical (unpaired) electrons.